The lowest BCUT2D eigenvalue weighted by Crippen LogP contribution is -1.90. The molecule has 90 valence electrons. The summed E-state index contributed by atoms with van der Waals surface area (Å²) >= 11 is 5.80. The number of benzene rings is 2. The van der Waals surface area contributed by atoms with E-state index in [4.69, 9.17) is 21.6 Å². The van der Waals surface area contributed by atoms with Crippen LogP contribution in [0.2, 0.25) is 5.02 Å². The Bertz CT molecular complexity index is 637. The van der Waals surface area contributed by atoms with Crippen molar-refractivity contribution >= 4 is 11.6 Å². The van der Waals surface area contributed by atoms with Crippen molar-refractivity contribution in [3.8, 4) is 17.6 Å². The summed E-state index contributed by atoms with van der Waals surface area (Å²) in [5.74, 6) is -1.34. The molecule has 0 spiro atoms. The van der Waals surface area contributed by atoms with E-state index in [0.29, 0.717) is 5.56 Å². The molecule has 2 aromatic rings. The van der Waals surface area contributed by atoms with E-state index in [0.717, 1.165) is 12.1 Å². The lowest BCUT2D eigenvalue weighted by molar-refractivity contribution is 0.437. The van der Waals surface area contributed by atoms with Crippen LogP contribution in [-0.2, 0) is 0 Å². The van der Waals surface area contributed by atoms with Gasteiger partial charge in [-0.25, -0.2) is 8.78 Å². The predicted molar refractivity (Wildman–Crippen MR) is 62.6 cm³/mol. The van der Waals surface area contributed by atoms with Crippen LogP contribution in [0.15, 0.2) is 36.4 Å². The fourth-order valence-electron chi connectivity index (χ4n) is 1.33. The summed E-state index contributed by atoms with van der Waals surface area (Å²) < 4.78 is 31.2. The van der Waals surface area contributed by atoms with E-state index in [2.05, 4.69) is 0 Å². The van der Waals surface area contributed by atoms with Crippen LogP contribution in [-0.4, -0.2) is 0 Å². The molecule has 0 saturated carbocycles. The molecule has 5 heteroatoms. The maximum absolute atomic E-state index is 13.3. The third-order valence-corrected chi connectivity index (χ3v) is 2.50. The van der Waals surface area contributed by atoms with Gasteiger partial charge in [0, 0.05) is 12.1 Å². The number of ether oxygens (including phenoxy) is 1. The molecule has 0 aromatic heterocycles. The smallest absolute Gasteiger partial charge is 0.168 e. The summed E-state index contributed by atoms with van der Waals surface area (Å²) in [6.45, 7) is 0. The molecule has 0 amide bonds. The van der Waals surface area contributed by atoms with Crippen molar-refractivity contribution in [3.63, 3.8) is 0 Å². The summed E-state index contributed by atoms with van der Waals surface area (Å²) in [4.78, 5) is 0. The summed E-state index contributed by atoms with van der Waals surface area (Å²) in [6.07, 6.45) is 0. The topological polar surface area (TPSA) is 33.0 Å². The van der Waals surface area contributed by atoms with Crippen LogP contribution in [0, 0.1) is 23.0 Å². The van der Waals surface area contributed by atoms with Gasteiger partial charge < -0.3 is 4.74 Å². The molecule has 2 aromatic carbocycles. The minimum Gasteiger partial charge on any atom is -0.454 e. The molecule has 0 fully saturated rings. The SMILES string of the molecule is N#Cc1ccc(Oc2ccc(F)cc2F)cc1Cl. The van der Waals surface area contributed by atoms with Crippen LogP contribution in [0.3, 0.4) is 0 Å². The number of hydrogen-bond donors (Lipinski definition) is 0. The molecular weight excluding hydrogens is 260 g/mol. The Labute approximate surface area is 107 Å². The lowest BCUT2D eigenvalue weighted by Gasteiger charge is -2.07. The van der Waals surface area contributed by atoms with Crippen molar-refractivity contribution in [1.29, 1.82) is 5.26 Å². The first-order valence-corrected chi connectivity index (χ1v) is 5.30. The highest BCUT2D eigenvalue weighted by atomic mass is 35.5. The second-order valence-electron chi connectivity index (χ2n) is 3.43. The Kier molecular flexibility index (Phi) is 3.45. The highest BCUT2D eigenvalue weighted by molar-refractivity contribution is 6.31. The van der Waals surface area contributed by atoms with Crippen LogP contribution in [0.25, 0.3) is 0 Å². The highest BCUT2D eigenvalue weighted by Gasteiger charge is 2.07. The molecule has 18 heavy (non-hydrogen) atoms. The second kappa shape index (κ2) is 5.03. The van der Waals surface area contributed by atoms with E-state index in [1.165, 1.54) is 24.3 Å². The first-order valence-electron chi connectivity index (χ1n) is 4.92. The normalized spacial score (nSPS) is 9.89. The van der Waals surface area contributed by atoms with Crippen LogP contribution in [0.5, 0.6) is 11.5 Å². The molecule has 2 rings (SSSR count). The zero-order valence-electron chi connectivity index (χ0n) is 8.95. The van der Waals surface area contributed by atoms with E-state index in [-0.39, 0.29) is 16.5 Å². The van der Waals surface area contributed by atoms with Gasteiger partial charge in [0.05, 0.1) is 10.6 Å². The minimum absolute atomic E-state index is 0.114. The fraction of sp³-hybridized carbons (Fsp3) is 0. The van der Waals surface area contributed by atoms with Crippen molar-refractivity contribution in [1.82, 2.24) is 0 Å². The van der Waals surface area contributed by atoms with Gasteiger partial charge in [-0.2, -0.15) is 5.26 Å². The van der Waals surface area contributed by atoms with Crippen LogP contribution in [0.4, 0.5) is 8.78 Å². The first-order chi connectivity index (χ1) is 8.60. The van der Waals surface area contributed by atoms with E-state index in [1.807, 2.05) is 6.07 Å². The molecule has 0 atom stereocenters. The number of nitrogens with zero attached hydrogens (tertiary/aromatic N) is 1. The van der Waals surface area contributed by atoms with Crippen LogP contribution < -0.4 is 4.74 Å². The number of halogens is 3. The van der Waals surface area contributed by atoms with Gasteiger partial charge in [-0.15, -0.1) is 0 Å². The van der Waals surface area contributed by atoms with Gasteiger partial charge in [-0.05, 0) is 24.3 Å². The molecule has 0 heterocycles. The number of nitriles is 1. The average molecular weight is 266 g/mol. The van der Waals surface area contributed by atoms with E-state index in [9.17, 15) is 8.78 Å². The average Bonchev–Trinajstić information content (AvgIpc) is 2.33. The van der Waals surface area contributed by atoms with Gasteiger partial charge in [0.2, 0.25) is 0 Å². The largest absolute Gasteiger partial charge is 0.454 e. The van der Waals surface area contributed by atoms with Crippen molar-refractivity contribution in [2.45, 2.75) is 0 Å². The van der Waals surface area contributed by atoms with Gasteiger partial charge in [-0.3, -0.25) is 0 Å². The first kappa shape index (κ1) is 12.3. The van der Waals surface area contributed by atoms with Gasteiger partial charge in [0.15, 0.2) is 11.6 Å². The summed E-state index contributed by atoms with van der Waals surface area (Å²) in [7, 11) is 0. The van der Waals surface area contributed by atoms with Gasteiger partial charge in [0.1, 0.15) is 17.6 Å². The second-order valence-corrected chi connectivity index (χ2v) is 3.84. The van der Waals surface area contributed by atoms with E-state index >= 15 is 0 Å². The summed E-state index contributed by atoms with van der Waals surface area (Å²) in [6, 6.07) is 9.21. The van der Waals surface area contributed by atoms with Gasteiger partial charge in [0.25, 0.3) is 0 Å². The summed E-state index contributed by atoms with van der Waals surface area (Å²) in [5, 5.41) is 8.90. The van der Waals surface area contributed by atoms with Gasteiger partial charge in [-0.1, -0.05) is 11.6 Å². The lowest BCUT2D eigenvalue weighted by atomic mass is 10.2. The molecule has 0 saturated heterocycles. The third-order valence-electron chi connectivity index (χ3n) is 2.18. The Hall–Kier alpha value is -2.12. The van der Waals surface area contributed by atoms with E-state index < -0.39 is 11.6 Å². The maximum atomic E-state index is 13.3. The molecule has 0 aliphatic rings. The number of rotatable bonds is 2. The fourth-order valence-corrected chi connectivity index (χ4v) is 1.55. The molecule has 0 unspecified atom stereocenters. The maximum Gasteiger partial charge on any atom is 0.168 e. The molecule has 0 aliphatic carbocycles. The molecule has 0 radical (unpaired) electrons. The molecule has 0 aliphatic heterocycles. The highest BCUT2D eigenvalue weighted by Crippen LogP contribution is 2.28. The van der Waals surface area contributed by atoms with Crippen LogP contribution >= 0.6 is 11.6 Å². The van der Waals surface area contributed by atoms with E-state index in [1.54, 1.807) is 0 Å². The Morgan fingerprint density at radius 2 is 1.89 bits per heavy atom. The van der Waals surface area contributed by atoms with Gasteiger partial charge >= 0.3 is 0 Å². The molecule has 0 bridgehead atoms. The zero-order valence-corrected chi connectivity index (χ0v) is 9.71. The van der Waals surface area contributed by atoms with Crippen LogP contribution in [0.1, 0.15) is 5.56 Å². The summed E-state index contributed by atoms with van der Waals surface area (Å²) in [5.41, 5.74) is 0.295. The zero-order chi connectivity index (χ0) is 13.1. The van der Waals surface area contributed by atoms with Crippen molar-refractivity contribution in [2.24, 2.45) is 0 Å². The number of hydrogen-bond acceptors (Lipinski definition) is 2. The Balaban J connectivity index is 2.29. The molecule has 0 N–H and O–H groups in total. The molecule has 2 nitrogen and oxygen atoms in total. The standard InChI is InChI=1S/C13H6ClF2NO/c14-11-6-10(3-1-8(11)7-17)18-13-4-2-9(15)5-12(13)16/h1-6H. The Morgan fingerprint density at radius 1 is 1.11 bits per heavy atom. The molecular formula is C13H6ClF2NO. The predicted octanol–water partition coefficient (Wildman–Crippen LogP) is 4.28. The third kappa shape index (κ3) is 2.58. The quantitative estimate of drug-likeness (QED) is 0.812. The Morgan fingerprint density at radius 3 is 2.50 bits per heavy atom. The van der Waals surface area contributed by atoms with Crippen molar-refractivity contribution < 1.29 is 13.5 Å². The van der Waals surface area contributed by atoms with Crippen molar-refractivity contribution in [2.75, 3.05) is 0 Å². The minimum atomic E-state index is -0.810. The van der Waals surface area contributed by atoms with Crippen molar-refractivity contribution in [3.05, 3.63) is 58.6 Å². The monoisotopic (exact) mass is 265 g/mol.